The topological polar surface area (TPSA) is 125 Å². The van der Waals surface area contributed by atoms with Gasteiger partial charge in [0.05, 0.1) is 18.2 Å². The molecule has 0 spiro atoms. The van der Waals surface area contributed by atoms with Crippen LogP contribution in [0.1, 0.15) is 36.6 Å². The van der Waals surface area contributed by atoms with E-state index in [9.17, 15) is 19.2 Å². The molecule has 0 aliphatic carbocycles. The fourth-order valence-electron chi connectivity index (χ4n) is 2.17. The maximum Gasteiger partial charge on any atom is 0.338 e. The van der Waals surface area contributed by atoms with Gasteiger partial charge in [-0.05, 0) is 48.9 Å². The molecule has 0 aliphatic rings. The minimum absolute atomic E-state index is 0.177. The van der Waals surface area contributed by atoms with Gasteiger partial charge >= 0.3 is 11.9 Å². The molecule has 3 N–H and O–H groups in total. The molecule has 0 saturated heterocycles. The van der Waals surface area contributed by atoms with E-state index < -0.39 is 30.4 Å². The minimum Gasteiger partial charge on any atom is -0.465 e. The monoisotopic (exact) mass is 370 g/mol. The summed E-state index contributed by atoms with van der Waals surface area (Å²) in [6.45, 7) is 1.24. The van der Waals surface area contributed by atoms with Crippen LogP contribution in [0.4, 0.5) is 5.69 Å². The van der Waals surface area contributed by atoms with Gasteiger partial charge < -0.3 is 20.5 Å². The second-order valence-electron chi connectivity index (χ2n) is 5.59. The molecule has 0 fully saturated rings. The first-order valence-electron chi connectivity index (χ1n) is 7.87. The van der Waals surface area contributed by atoms with Gasteiger partial charge in [0.2, 0.25) is 5.91 Å². The van der Waals surface area contributed by atoms with E-state index in [1.807, 2.05) is 0 Å². The fraction of sp³-hybridized carbons (Fsp3) is 0.158. The molecule has 27 heavy (non-hydrogen) atoms. The predicted molar refractivity (Wildman–Crippen MR) is 96.4 cm³/mol. The fourth-order valence-corrected chi connectivity index (χ4v) is 2.17. The summed E-state index contributed by atoms with van der Waals surface area (Å²) in [5, 5.41) is 2.58. The smallest absolute Gasteiger partial charge is 0.338 e. The van der Waals surface area contributed by atoms with Crippen LogP contribution in [0.3, 0.4) is 0 Å². The number of nitrogens with two attached hydrogens (primary N) is 1. The van der Waals surface area contributed by atoms with Crippen LogP contribution in [0.2, 0.25) is 0 Å². The first kappa shape index (κ1) is 19.6. The molecule has 0 aliphatic heterocycles. The molecule has 0 saturated carbocycles. The van der Waals surface area contributed by atoms with Gasteiger partial charge in [0.1, 0.15) is 0 Å². The number of anilines is 1. The molecule has 2 aromatic carbocycles. The highest BCUT2D eigenvalue weighted by molar-refractivity contribution is 5.98. The molecular weight excluding hydrogens is 352 g/mol. The molecular formula is C19H18N2O6. The molecule has 2 amide bonds. The summed E-state index contributed by atoms with van der Waals surface area (Å²) in [5.41, 5.74) is 6.97. The molecule has 0 unspecified atom stereocenters. The number of methoxy groups -OCH3 is 1. The minimum atomic E-state index is -0.721. The number of amides is 2. The third kappa shape index (κ3) is 5.15. The Morgan fingerprint density at radius 1 is 0.926 bits per heavy atom. The van der Waals surface area contributed by atoms with E-state index in [0.717, 1.165) is 5.56 Å². The van der Waals surface area contributed by atoms with Crippen LogP contribution in [0.25, 0.3) is 0 Å². The van der Waals surface area contributed by atoms with Crippen molar-refractivity contribution < 1.29 is 28.7 Å². The molecule has 8 heteroatoms. The molecule has 8 nitrogen and oxygen atoms in total. The summed E-state index contributed by atoms with van der Waals surface area (Å²) >= 11 is 0. The number of nitrogens with one attached hydrogen (secondary N) is 1. The lowest BCUT2D eigenvalue weighted by Gasteiger charge is -2.10. The second-order valence-corrected chi connectivity index (χ2v) is 5.59. The number of ether oxygens (including phenoxy) is 2. The van der Waals surface area contributed by atoms with E-state index in [0.29, 0.717) is 5.69 Å². The largest absolute Gasteiger partial charge is 0.465 e. The third-order valence-corrected chi connectivity index (χ3v) is 3.67. The second kappa shape index (κ2) is 8.61. The van der Waals surface area contributed by atoms with E-state index >= 15 is 0 Å². The number of carbonyl (C=O) groups excluding carboxylic acids is 4. The summed E-state index contributed by atoms with van der Waals surface area (Å²) in [5.74, 6) is -2.43. The van der Waals surface area contributed by atoms with Crippen molar-refractivity contribution in [2.75, 3.05) is 19.0 Å². The summed E-state index contributed by atoms with van der Waals surface area (Å²) in [4.78, 5) is 46.6. The Morgan fingerprint density at radius 3 is 2.11 bits per heavy atom. The first-order valence-corrected chi connectivity index (χ1v) is 7.87. The van der Waals surface area contributed by atoms with Gasteiger partial charge in [0, 0.05) is 11.3 Å². The lowest BCUT2D eigenvalue weighted by atomic mass is 10.1. The lowest BCUT2D eigenvalue weighted by molar-refractivity contribution is -0.119. The number of esters is 2. The Kier molecular flexibility index (Phi) is 6.27. The van der Waals surface area contributed by atoms with Crippen molar-refractivity contribution in [1.82, 2.24) is 0 Å². The SMILES string of the molecule is COC(=O)c1ccc(C)c(NC(=O)COC(=O)c2ccc(C(N)=O)cc2)c1. The van der Waals surface area contributed by atoms with Crippen LogP contribution in [0.5, 0.6) is 0 Å². The highest BCUT2D eigenvalue weighted by Crippen LogP contribution is 2.17. The highest BCUT2D eigenvalue weighted by atomic mass is 16.5. The number of hydrogen-bond donors (Lipinski definition) is 2. The van der Waals surface area contributed by atoms with E-state index in [2.05, 4.69) is 10.1 Å². The number of benzene rings is 2. The van der Waals surface area contributed by atoms with Crippen molar-refractivity contribution in [3.63, 3.8) is 0 Å². The molecule has 2 aromatic rings. The van der Waals surface area contributed by atoms with Crippen molar-refractivity contribution in [3.05, 3.63) is 64.7 Å². The van der Waals surface area contributed by atoms with Crippen molar-refractivity contribution in [1.29, 1.82) is 0 Å². The van der Waals surface area contributed by atoms with Gasteiger partial charge in [-0.1, -0.05) is 6.07 Å². The van der Waals surface area contributed by atoms with E-state index in [1.54, 1.807) is 19.1 Å². The van der Waals surface area contributed by atoms with E-state index in [4.69, 9.17) is 10.5 Å². The number of rotatable bonds is 6. The van der Waals surface area contributed by atoms with Crippen molar-refractivity contribution >= 4 is 29.4 Å². The van der Waals surface area contributed by atoms with Gasteiger partial charge in [-0.3, -0.25) is 9.59 Å². The van der Waals surface area contributed by atoms with Gasteiger partial charge in [-0.2, -0.15) is 0 Å². The average Bonchev–Trinajstić information content (AvgIpc) is 2.67. The number of carbonyl (C=O) groups is 4. The van der Waals surface area contributed by atoms with Crippen LogP contribution >= 0.6 is 0 Å². The first-order chi connectivity index (χ1) is 12.8. The summed E-state index contributed by atoms with van der Waals surface area (Å²) in [6, 6.07) is 10.3. The molecule has 0 aromatic heterocycles. The summed E-state index contributed by atoms with van der Waals surface area (Å²) < 4.78 is 9.58. The van der Waals surface area contributed by atoms with Gasteiger partial charge in [-0.15, -0.1) is 0 Å². The van der Waals surface area contributed by atoms with Crippen LogP contribution in [-0.4, -0.2) is 37.5 Å². The Morgan fingerprint density at radius 2 is 1.52 bits per heavy atom. The Hall–Kier alpha value is -3.68. The zero-order valence-electron chi connectivity index (χ0n) is 14.8. The standard InChI is InChI=1S/C19H18N2O6/c1-11-3-4-14(18(24)26-2)9-15(11)21-16(22)10-27-19(25)13-7-5-12(6-8-13)17(20)23/h3-9H,10H2,1-2H3,(H2,20,23)(H,21,22). The lowest BCUT2D eigenvalue weighted by Crippen LogP contribution is -2.21. The molecule has 0 atom stereocenters. The molecule has 0 radical (unpaired) electrons. The van der Waals surface area contributed by atoms with Crippen LogP contribution in [0, 0.1) is 6.92 Å². The quantitative estimate of drug-likeness (QED) is 0.745. The summed E-state index contributed by atoms with van der Waals surface area (Å²) in [7, 11) is 1.26. The zero-order valence-corrected chi connectivity index (χ0v) is 14.8. The highest BCUT2D eigenvalue weighted by Gasteiger charge is 2.13. The van der Waals surface area contributed by atoms with Crippen LogP contribution in [-0.2, 0) is 14.3 Å². The maximum atomic E-state index is 12.0. The third-order valence-electron chi connectivity index (χ3n) is 3.67. The summed E-state index contributed by atoms with van der Waals surface area (Å²) in [6.07, 6.45) is 0. The maximum absolute atomic E-state index is 12.0. The van der Waals surface area contributed by atoms with Crippen LogP contribution in [0.15, 0.2) is 42.5 Å². The Bertz CT molecular complexity index is 890. The van der Waals surface area contributed by atoms with E-state index in [1.165, 1.54) is 37.4 Å². The van der Waals surface area contributed by atoms with Gasteiger partial charge in [0.25, 0.3) is 5.91 Å². The number of primary amides is 1. The van der Waals surface area contributed by atoms with Gasteiger partial charge in [0.15, 0.2) is 6.61 Å². The Balaban J connectivity index is 1.97. The molecule has 0 bridgehead atoms. The Labute approximate surface area is 155 Å². The van der Waals surface area contributed by atoms with E-state index in [-0.39, 0.29) is 16.7 Å². The molecule has 2 rings (SSSR count). The number of aryl methyl sites for hydroxylation is 1. The zero-order chi connectivity index (χ0) is 20.0. The molecule has 140 valence electrons. The van der Waals surface area contributed by atoms with Crippen molar-refractivity contribution in [2.24, 2.45) is 5.73 Å². The number of hydrogen-bond acceptors (Lipinski definition) is 6. The predicted octanol–water partition coefficient (Wildman–Crippen LogP) is 1.68. The average molecular weight is 370 g/mol. The van der Waals surface area contributed by atoms with Gasteiger partial charge in [-0.25, -0.2) is 9.59 Å². The van der Waals surface area contributed by atoms with Crippen molar-refractivity contribution in [3.8, 4) is 0 Å². The van der Waals surface area contributed by atoms with Crippen molar-refractivity contribution in [2.45, 2.75) is 6.92 Å². The normalized spacial score (nSPS) is 10.0. The molecule has 0 heterocycles. The van der Waals surface area contributed by atoms with Crippen LogP contribution < -0.4 is 11.1 Å².